The van der Waals surface area contributed by atoms with Crippen LogP contribution in [0, 0.1) is 13.8 Å². The van der Waals surface area contributed by atoms with Gasteiger partial charge in [0.1, 0.15) is 5.60 Å². The van der Waals surface area contributed by atoms with E-state index in [-0.39, 0.29) is 6.61 Å². The van der Waals surface area contributed by atoms with Crippen LogP contribution in [0.15, 0.2) is 12.1 Å². The van der Waals surface area contributed by atoms with Gasteiger partial charge >= 0.3 is 12.1 Å². The molecule has 1 amide bonds. The second-order valence-electron chi connectivity index (χ2n) is 8.93. The van der Waals surface area contributed by atoms with Crippen molar-refractivity contribution in [2.45, 2.75) is 66.0 Å². The molecule has 1 fully saturated rings. The van der Waals surface area contributed by atoms with E-state index < -0.39 is 23.7 Å². The van der Waals surface area contributed by atoms with Crippen LogP contribution in [0.5, 0.6) is 0 Å². The zero-order chi connectivity index (χ0) is 23.5. The number of hydrogen-bond acceptors (Lipinski definition) is 8. The fourth-order valence-electron chi connectivity index (χ4n) is 3.66. The molecule has 0 saturated carbocycles. The number of esters is 1. The lowest BCUT2D eigenvalue weighted by molar-refractivity contribution is -0.149. The zero-order valence-corrected chi connectivity index (χ0v) is 19.6. The van der Waals surface area contributed by atoms with Gasteiger partial charge in [-0.25, -0.2) is 9.59 Å². The maximum absolute atomic E-state index is 12.9. The summed E-state index contributed by atoms with van der Waals surface area (Å²) >= 11 is 0. The van der Waals surface area contributed by atoms with E-state index in [0.717, 1.165) is 37.1 Å². The van der Waals surface area contributed by atoms with Gasteiger partial charge in [0.15, 0.2) is 11.9 Å². The first kappa shape index (κ1) is 23.6. The first-order valence-corrected chi connectivity index (χ1v) is 10.9. The van der Waals surface area contributed by atoms with Crippen LogP contribution in [-0.2, 0) is 14.3 Å². The van der Waals surface area contributed by atoms with Crippen molar-refractivity contribution in [3.05, 3.63) is 29.1 Å². The molecule has 3 rings (SSSR count). The molecule has 174 valence electrons. The van der Waals surface area contributed by atoms with E-state index in [1.807, 2.05) is 30.9 Å². The Bertz CT molecular complexity index is 975. The Morgan fingerprint density at radius 3 is 2.44 bits per heavy atom. The molecule has 10 heteroatoms. The molecule has 0 aliphatic carbocycles. The summed E-state index contributed by atoms with van der Waals surface area (Å²) in [6, 6.07) is 2.99. The topological polar surface area (TPSA) is 111 Å². The van der Waals surface area contributed by atoms with Crippen LogP contribution >= 0.6 is 0 Å². The zero-order valence-electron chi connectivity index (χ0n) is 19.6. The molecule has 0 spiro atoms. The van der Waals surface area contributed by atoms with Gasteiger partial charge in [-0.05, 0) is 101 Å². The van der Waals surface area contributed by atoms with E-state index >= 15 is 0 Å². The summed E-state index contributed by atoms with van der Waals surface area (Å²) in [6.45, 7) is 12.9. The van der Waals surface area contributed by atoms with Crippen LogP contribution < -0.4 is 5.32 Å². The van der Waals surface area contributed by atoms with Crippen molar-refractivity contribution in [3.63, 3.8) is 0 Å². The second kappa shape index (κ2) is 9.64. The molecule has 1 aliphatic heterocycles. The summed E-state index contributed by atoms with van der Waals surface area (Å²) in [5.74, 6) is -0.0447. The Morgan fingerprint density at radius 2 is 1.81 bits per heavy atom. The molecule has 0 bridgehead atoms. The highest BCUT2D eigenvalue weighted by Gasteiger charge is 2.36. The molecular formula is C22H32N6O4. The standard InChI is InChI=1S/C22H32N6O4/c1-7-31-20(29)18(27-10-8-9-11-27)19-24-25-26-28(19)17-13-15(3)14(2)12-16(17)23-21(30)32-22(4,5)6/h12-13,18H,7-11H2,1-6H3,(H,23,30). The second-order valence-corrected chi connectivity index (χ2v) is 8.93. The number of ether oxygens (including phenoxy) is 2. The molecule has 32 heavy (non-hydrogen) atoms. The van der Waals surface area contributed by atoms with E-state index in [0.29, 0.717) is 17.2 Å². The fourth-order valence-corrected chi connectivity index (χ4v) is 3.66. The van der Waals surface area contributed by atoms with Crippen LogP contribution in [0.2, 0.25) is 0 Å². The lowest BCUT2D eigenvalue weighted by Gasteiger charge is -2.25. The summed E-state index contributed by atoms with van der Waals surface area (Å²) in [4.78, 5) is 27.4. The van der Waals surface area contributed by atoms with Crippen molar-refractivity contribution in [2.24, 2.45) is 0 Å². The van der Waals surface area contributed by atoms with Gasteiger partial charge in [-0.3, -0.25) is 10.2 Å². The van der Waals surface area contributed by atoms with Gasteiger partial charge in [-0.1, -0.05) is 0 Å². The number of aryl methyl sites for hydroxylation is 2. The number of tetrazole rings is 1. The summed E-state index contributed by atoms with van der Waals surface area (Å²) in [5, 5.41) is 15.0. The first-order chi connectivity index (χ1) is 15.1. The predicted octanol–water partition coefficient (Wildman–Crippen LogP) is 3.33. The van der Waals surface area contributed by atoms with Gasteiger partial charge in [-0.2, -0.15) is 4.68 Å². The third-order valence-electron chi connectivity index (χ3n) is 5.23. The Hall–Kier alpha value is -3.01. The van der Waals surface area contributed by atoms with E-state index in [1.54, 1.807) is 27.7 Å². The molecule has 1 aliphatic rings. The van der Waals surface area contributed by atoms with Gasteiger partial charge < -0.3 is 9.47 Å². The highest BCUT2D eigenvalue weighted by atomic mass is 16.6. The number of anilines is 1. The fraction of sp³-hybridized carbons (Fsp3) is 0.591. The summed E-state index contributed by atoms with van der Waals surface area (Å²) in [5.41, 5.74) is 2.36. The third-order valence-corrected chi connectivity index (χ3v) is 5.23. The number of aromatic nitrogens is 4. The van der Waals surface area contributed by atoms with Crippen LogP contribution in [0.1, 0.15) is 63.5 Å². The molecule has 2 heterocycles. The van der Waals surface area contributed by atoms with Gasteiger partial charge in [0.25, 0.3) is 0 Å². The SMILES string of the molecule is CCOC(=O)C(c1nnnn1-c1cc(C)c(C)cc1NC(=O)OC(C)(C)C)N1CCCC1. The molecule has 1 aromatic heterocycles. The minimum atomic E-state index is -0.733. The van der Waals surface area contributed by atoms with Crippen molar-refractivity contribution in [2.75, 3.05) is 25.0 Å². The van der Waals surface area contributed by atoms with E-state index in [1.165, 1.54) is 4.68 Å². The highest BCUT2D eigenvalue weighted by Crippen LogP contribution is 2.30. The quantitative estimate of drug-likeness (QED) is 0.676. The third kappa shape index (κ3) is 5.42. The lowest BCUT2D eigenvalue weighted by Crippen LogP contribution is -2.35. The highest BCUT2D eigenvalue weighted by molar-refractivity contribution is 5.88. The molecular weight excluding hydrogens is 412 g/mol. The van der Waals surface area contributed by atoms with Gasteiger partial charge in [-0.15, -0.1) is 5.10 Å². The number of nitrogens with one attached hydrogen (secondary N) is 1. The number of nitrogens with zero attached hydrogens (tertiary/aromatic N) is 5. The van der Waals surface area contributed by atoms with E-state index in [2.05, 4.69) is 20.8 Å². The van der Waals surface area contributed by atoms with Gasteiger partial charge in [0.05, 0.1) is 18.0 Å². The number of amides is 1. The molecule has 1 unspecified atom stereocenters. The maximum Gasteiger partial charge on any atom is 0.412 e. The summed E-state index contributed by atoms with van der Waals surface area (Å²) in [6.07, 6.45) is 1.40. The molecule has 1 N–H and O–H groups in total. The van der Waals surface area contributed by atoms with E-state index in [9.17, 15) is 9.59 Å². The number of benzene rings is 1. The van der Waals surface area contributed by atoms with Crippen molar-refractivity contribution in [1.29, 1.82) is 0 Å². The molecule has 1 atom stereocenters. The molecule has 1 saturated heterocycles. The van der Waals surface area contributed by atoms with Crippen LogP contribution in [0.25, 0.3) is 5.69 Å². The normalized spacial score (nSPS) is 15.4. The van der Waals surface area contributed by atoms with Gasteiger partial charge in [0, 0.05) is 0 Å². The molecule has 2 aromatic rings. The maximum atomic E-state index is 12.9. The van der Waals surface area contributed by atoms with E-state index in [4.69, 9.17) is 9.47 Å². The minimum absolute atomic E-state index is 0.264. The van der Waals surface area contributed by atoms with Crippen molar-refractivity contribution in [1.82, 2.24) is 25.1 Å². The van der Waals surface area contributed by atoms with Crippen molar-refractivity contribution < 1.29 is 19.1 Å². The van der Waals surface area contributed by atoms with Crippen LogP contribution in [-0.4, -0.2) is 62.5 Å². The van der Waals surface area contributed by atoms with Crippen LogP contribution in [0.3, 0.4) is 0 Å². The molecule has 10 nitrogen and oxygen atoms in total. The average molecular weight is 445 g/mol. The Labute approximate surface area is 188 Å². The number of carbonyl (C=O) groups excluding carboxylic acids is 2. The number of rotatable bonds is 6. The number of hydrogen-bond donors (Lipinski definition) is 1. The van der Waals surface area contributed by atoms with Crippen molar-refractivity contribution >= 4 is 17.7 Å². The Kier molecular flexibility index (Phi) is 7.12. The smallest absolute Gasteiger partial charge is 0.412 e. The molecule has 0 radical (unpaired) electrons. The number of carbonyl (C=O) groups is 2. The Balaban J connectivity index is 2.05. The Morgan fingerprint density at radius 1 is 1.16 bits per heavy atom. The monoisotopic (exact) mass is 444 g/mol. The van der Waals surface area contributed by atoms with Crippen LogP contribution in [0.4, 0.5) is 10.5 Å². The largest absolute Gasteiger partial charge is 0.464 e. The average Bonchev–Trinajstić information content (AvgIpc) is 3.36. The minimum Gasteiger partial charge on any atom is -0.464 e. The summed E-state index contributed by atoms with van der Waals surface area (Å²) < 4.78 is 12.3. The first-order valence-electron chi connectivity index (χ1n) is 10.9. The molecule has 1 aromatic carbocycles. The lowest BCUT2D eigenvalue weighted by atomic mass is 10.1. The van der Waals surface area contributed by atoms with Crippen molar-refractivity contribution in [3.8, 4) is 5.69 Å². The predicted molar refractivity (Wildman–Crippen MR) is 119 cm³/mol. The number of likely N-dealkylation sites (tertiary alicyclic amines) is 1. The summed E-state index contributed by atoms with van der Waals surface area (Å²) in [7, 11) is 0. The van der Waals surface area contributed by atoms with Gasteiger partial charge in [0.2, 0.25) is 0 Å².